The average molecular weight is 361 g/mol. The van der Waals surface area contributed by atoms with Crippen LogP contribution >= 0.6 is 11.3 Å². The lowest BCUT2D eigenvalue weighted by Gasteiger charge is -2.35. The van der Waals surface area contributed by atoms with Gasteiger partial charge in [-0.2, -0.15) is 5.26 Å². The number of hydrogen-bond donors (Lipinski definition) is 2. The number of fused-ring (bicyclic) bond motifs is 1. The normalized spacial score (nSPS) is 27.7. The zero-order valence-corrected chi connectivity index (χ0v) is 16.5. The molecule has 1 saturated heterocycles. The van der Waals surface area contributed by atoms with Gasteiger partial charge in [0.1, 0.15) is 11.1 Å². The number of likely N-dealkylation sites (tertiary alicyclic amines) is 1. The number of rotatable bonds is 3. The standard InChI is InChI=1S/C20H29N3OS/c1-13-9-14(2)12-23(11-13)15(3)19(24)22-20-17(10-21)16-7-5-4-6-8-18(16)25-20/h13-15H,4-9,11-12H2,1-3H3,(H,22,24)/p+1/t13-,14-,15-/m0/s1. The minimum atomic E-state index is -0.0707. The highest BCUT2D eigenvalue weighted by atomic mass is 32.1. The third kappa shape index (κ3) is 4.07. The van der Waals surface area contributed by atoms with Crippen LogP contribution in [-0.4, -0.2) is 25.0 Å². The second-order valence-electron chi connectivity index (χ2n) is 8.10. The highest BCUT2D eigenvalue weighted by Gasteiger charge is 2.33. The Morgan fingerprint density at radius 2 is 1.92 bits per heavy atom. The van der Waals surface area contributed by atoms with Crippen LogP contribution in [0, 0.1) is 23.2 Å². The molecule has 0 radical (unpaired) electrons. The van der Waals surface area contributed by atoms with Crippen LogP contribution in [0.3, 0.4) is 0 Å². The van der Waals surface area contributed by atoms with Crippen LogP contribution in [0.2, 0.25) is 0 Å². The molecule has 2 N–H and O–H groups in total. The van der Waals surface area contributed by atoms with Crippen LogP contribution in [0.1, 0.15) is 62.5 Å². The van der Waals surface area contributed by atoms with Crippen molar-refractivity contribution in [3.63, 3.8) is 0 Å². The Bertz CT molecular complexity index is 665. The summed E-state index contributed by atoms with van der Waals surface area (Å²) < 4.78 is 0. The summed E-state index contributed by atoms with van der Waals surface area (Å²) in [6.45, 7) is 8.71. The maximum absolute atomic E-state index is 12.8. The Balaban J connectivity index is 1.73. The molecule has 3 atom stereocenters. The molecule has 1 aliphatic carbocycles. The summed E-state index contributed by atoms with van der Waals surface area (Å²) in [6.07, 6.45) is 6.86. The minimum Gasteiger partial charge on any atom is -0.324 e. The largest absolute Gasteiger partial charge is 0.324 e. The molecule has 1 fully saturated rings. The zero-order chi connectivity index (χ0) is 18.0. The summed E-state index contributed by atoms with van der Waals surface area (Å²) in [5.74, 6) is 1.40. The van der Waals surface area contributed by atoms with E-state index in [1.807, 2.05) is 6.92 Å². The lowest BCUT2D eigenvalue weighted by Crippen LogP contribution is -3.18. The predicted octanol–water partition coefficient (Wildman–Crippen LogP) is 2.78. The molecule has 2 heterocycles. The molecular formula is C20H30N3OS+. The Hall–Kier alpha value is -1.38. The van der Waals surface area contributed by atoms with Crippen molar-refractivity contribution in [1.29, 1.82) is 5.26 Å². The number of thiophene rings is 1. The van der Waals surface area contributed by atoms with Crippen LogP contribution in [-0.2, 0) is 17.6 Å². The first-order valence-electron chi connectivity index (χ1n) is 9.69. The van der Waals surface area contributed by atoms with Crippen molar-refractivity contribution >= 4 is 22.2 Å². The summed E-state index contributed by atoms with van der Waals surface area (Å²) in [5.41, 5.74) is 1.92. The van der Waals surface area contributed by atoms with Gasteiger partial charge in [0.2, 0.25) is 0 Å². The van der Waals surface area contributed by atoms with Crippen molar-refractivity contribution in [2.75, 3.05) is 18.4 Å². The third-order valence-electron chi connectivity index (χ3n) is 5.80. The third-order valence-corrected chi connectivity index (χ3v) is 7.01. The second-order valence-corrected chi connectivity index (χ2v) is 9.21. The molecule has 5 heteroatoms. The van der Waals surface area contributed by atoms with Gasteiger partial charge in [0, 0.05) is 16.7 Å². The van der Waals surface area contributed by atoms with Crippen molar-refractivity contribution in [3.8, 4) is 6.07 Å². The van der Waals surface area contributed by atoms with Crippen molar-refractivity contribution in [2.45, 2.75) is 65.3 Å². The fourth-order valence-electron chi connectivity index (χ4n) is 4.54. The fraction of sp³-hybridized carbons (Fsp3) is 0.700. The van der Waals surface area contributed by atoms with Crippen LogP contribution in [0.4, 0.5) is 5.00 Å². The van der Waals surface area contributed by atoms with Gasteiger partial charge in [-0.25, -0.2) is 0 Å². The molecule has 0 bridgehead atoms. The lowest BCUT2D eigenvalue weighted by atomic mass is 9.91. The van der Waals surface area contributed by atoms with Crippen LogP contribution in [0.5, 0.6) is 0 Å². The molecule has 136 valence electrons. The maximum Gasteiger partial charge on any atom is 0.283 e. The van der Waals surface area contributed by atoms with Gasteiger partial charge < -0.3 is 10.2 Å². The number of quaternary nitrogens is 1. The van der Waals surface area contributed by atoms with Gasteiger partial charge in [0.25, 0.3) is 5.91 Å². The fourth-order valence-corrected chi connectivity index (χ4v) is 5.78. The van der Waals surface area contributed by atoms with Crippen molar-refractivity contribution in [1.82, 2.24) is 0 Å². The van der Waals surface area contributed by atoms with Crippen molar-refractivity contribution in [2.24, 2.45) is 11.8 Å². The topological polar surface area (TPSA) is 57.3 Å². The molecule has 1 amide bonds. The van der Waals surface area contributed by atoms with E-state index in [1.165, 1.54) is 34.6 Å². The first-order valence-corrected chi connectivity index (χ1v) is 10.5. The Kier molecular flexibility index (Phi) is 5.81. The number of piperidine rings is 1. The number of carbonyl (C=O) groups excluding carboxylic acids is 1. The quantitative estimate of drug-likeness (QED) is 0.815. The maximum atomic E-state index is 12.8. The predicted molar refractivity (Wildman–Crippen MR) is 102 cm³/mol. The highest BCUT2D eigenvalue weighted by molar-refractivity contribution is 7.16. The SMILES string of the molecule is C[C@H]1C[C@H](C)C[NH+]([C@@H](C)C(=O)Nc2sc3c(c2C#N)CCCCC3)C1. The number of nitrogens with zero attached hydrogens (tertiary/aromatic N) is 1. The van der Waals surface area contributed by atoms with E-state index >= 15 is 0 Å². The van der Waals surface area contributed by atoms with E-state index in [1.54, 1.807) is 11.3 Å². The summed E-state index contributed by atoms with van der Waals surface area (Å²) >= 11 is 1.63. The molecule has 0 saturated carbocycles. The molecular weight excluding hydrogens is 330 g/mol. The number of amides is 1. The first-order chi connectivity index (χ1) is 12.0. The Morgan fingerprint density at radius 1 is 1.24 bits per heavy atom. The number of anilines is 1. The zero-order valence-electron chi connectivity index (χ0n) is 15.7. The molecule has 25 heavy (non-hydrogen) atoms. The number of hydrogen-bond acceptors (Lipinski definition) is 3. The van der Waals surface area contributed by atoms with Crippen LogP contribution in [0.15, 0.2) is 0 Å². The van der Waals surface area contributed by atoms with Gasteiger partial charge in [0.05, 0.1) is 18.7 Å². The van der Waals surface area contributed by atoms with E-state index in [0.29, 0.717) is 11.8 Å². The molecule has 4 nitrogen and oxygen atoms in total. The van der Waals surface area contributed by atoms with Gasteiger partial charge in [-0.3, -0.25) is 4.79 Å². The smallest absolute Gasteiger partial charge is 0.283 e. The molecule has 0 spiro atoms. The molecule has 1 aromatic heterocycles. The molecule has 3 rings (SSSR count). The summed E-state index contributed by atoms with van der Waals surface area (Å²) in [4.78, 5) is 15.5. The first kappa shape index (κ1) is 18.4. The lowest BCUT2D eigenvalue weighted by molar-refractivity contribution is -0.925. The van der Waals surface area contributed by atoms with Gasteiger partial charge in [-0.05, 0) is 44.6 Å². The van der Waals surface area contributed by atoms with E-state index in [9.17, 15) is 10.1 Å². The van der Waals surface area contributed by atoms with E-state index < -0.39 is 0 Å². The van der Waals surface area contributed by atoms with E-state index in [-0.39, 0.29) is 11.9 Å². The van der Waals surface area contributed by atoms with Gasteiger partial charge >= 0.3 is 0 Å². The van der Waals surface area contributed by atoms with Crippen molar-refractivity contribution in [3.05, 3.63) is 16.0 Å². The van der Waals surface area contributed by atoms with E-state index in [4.69, 9.17) is 0 Å². The Morgan fingerprint density at radius 3 is 2.60 bits per heavy atom. The van der Waals surface area contributed by atoms with Crippen LogP contribution in [0.25, 0.3) is 0 Å². The van der Waals surface area contributed by atoms with E-state index in [2.05, 4.69) is 25.2 Å². The monoisotopic (exact) mass is 360 g/mol. The molecule has 0 unspecified atom stereocenters. The number of carbonyl (C=O) groups is 1. The summed E-state index contributed by atoms with van der Waals surface area (Å²) in [6, 6.07) is 2.29. The number of nitrogens with one attached hydrogen (secondary N) is 2. The van der Waals surface area contributed by atoms with E-state index in [0.717, 1.165) is 42.9 Å². The van der Waals surface area contributed by atoms with Crippen molar-refractivity contribution < 1.29 is 9.69 Å². The molecule has 0 aromatic carbocycles. The van der Waals surface area contributed by atoms with Crippen LogP contribution < -0.4 is 10.2 Å². The average Bonchev–Trinajstić information content (AvgIpc) is 2.73. The highest BCUT2D eigenvalue weighted by Crippen LogP contribution is 2.37. The van der Waals surface area contributed by atoms with Gasteiger partial charge in [-0.15, -0.1) is 11.3 Å². The minimum absolute atomic E-state index is 0.0595. The molecule has 1 aromatic rings. The van der Waals surface area contributed by atoms with Gasteiger partial charge in [0.15, 0.2) is 6.04 Å². The summed E-state index contributed by atoms with van der Waals surface area (Å²) in [5, 5.41) is 13.5. The Labute approximate surface area is 155 Å². The molecule has 2 aliphatic rings. The number of aryl methyl sites for hydroxylation is 1. The second kappa shape index (κ2) is 7.88. The van der Waals surface area contributed by atoms with Gasteiger partial charge in [-0.1, -0.05) is 20.3 Å². The molecule has 1 aliphatic heterocycles. The summed E-state index contributed by atoms with van der Waals surface area (Å²) in [7, 11) is 0. The number of nitriles is 1.